The number of halogens is 2. The van der Waals surface area contributed by atoms with E-state index >= 15 is 0 Å². The number of pyridine rings is 1. The van der Waals surface area contributed by atoms with Crippen molar-refractivity contribution < 1.29 is 14.7 Å². The lowest BCUT2D eigenvalue weighted by atomic mass is 10.0. The van der Waals surface area contributed by atoms with Crippen molar-refractivity contribution in [2.24, 2.45) is 0 Å². The van der Waals surface area contributed by atoms with Crippen LogP contribution in [0.1, 0.15) is 21.5 Å². The number of amides is 1. The van der Waals surface area contributed by atoms with Crippen LogP contribution in [0.15, 0.2) is 77.7 Å². The van der Waals surface area contributed by atoms with Gasteiger partial charge in [-0.05, 0) is 53.8 Å². The van der Waals surface area contributed by atoms with Gasteiger partial charge in [0, 0.05) is 23.7 Å². The lowest BCUT2D eigenvalue weighted by molar-refractivity contribution is -0.139. The van der Waals surface area contributed by atoms with Crippen LogP contribution in [-0.2, 0) is 11.2 Å². The fraction of sp³-hybridized carbons (Fsp3) is 0.115. The van der Waals surface area contributed by atoms with E-state index in [2.05, 4.69) is 5.32 Å². The maximum absolute atomic E-state index is 13.0. The van der Waals surface area contributed by atoms with Crippen LogP contribution in [0.4, 0.5) is 0 Å². The van der Waals surface area contributed by atoms with Gasteiger partial charge in [0.15, 0.2) is 0 Å². The lowest BCUT2D eigenvalue weighted by Gasteiger charge is -2.16. The van der Waals surface area contributed by atoms with Crippen LogP contribution in [0.25, 0.3) is 16.5 Å². The van der Waals surface area contributed by atoms with Crippen LogP contribution < -0.4 is 10.9 Å². The van der Waals surface area contributed by atoms with E-state index in [1.165, 1.54) is 12.1 Å². The van der Waals surface area contributed by atoms with Gasteiger partial charge in [-0.3, -0.25) is 14.2 Å². The summed E-state index contributed by atoms with van der Waals surface area (Å²) in [5.41, 5.74) is 2.18. The molecule has 172 valence electrons. The van der Waals surface area contributed by atoms with Gasteiger partial charge in [0.05, 0.1) is 15.6 Å². The largest absolute Gasteiger partial charge is 0.480 e. The smallest absolute Gasteiger partial charge is 0.326 e. The van der Waals surface area contributed by atoms with Gasteiger partial charge in [-0.15, -0.1) is 0 Å². The number of fused-ring (bicyclic) bond motifs is 1. The van der Waals surface area contributed by atoms with Crippen molar-refractivity contribution in [2.45, 2.75) is 19.4 Å². The topological polar surface area (TPSA) is 88.4 Å². The van der Waals surface area contributed by atoms with Gasteiger partial charge < -0.3 is 10.4 Å². The molecule has 0 fully saturated rings. The van der Waals surface area contributed by atoms with Crippen molar-refractivity contribution in [1.82, 2.24) is 9.88 Å². The van der Waals surface area contributed by atoms with E-state index in [9.17, 15) is 19.5 Å². The third-order valence-corrected chi connectivity index (χ3v) is 6.20. The van der Waals surface area contributed by atoms with Crippen molar-refractivity contribution >= 4 is 45.9 Å². The predicted molar refractivity (Wildman–Crippen MR) is 133 cm³/mol. The molecule has 0 bridgehead atoms. The molecule has 0 spiro atoms. The Kier molecular flexibility index (Phi) is 6.72. The number of hydrogen-bond donors (Lipinski definition) is 2. The Labute approximate surface area is 205 Å². The minimum absolute atomic E-state index is 0.0264. The van der Waals surface area contributed by atoms with Crippen molar-refractivity contribution in [3.05, 3.63) is 110 Å². The summed E-state index contributed by atoms with van der Waals surface area (Å²) in [6.07, 6.45) is 1.82. The van der Waals surface area contributed by atoms with Gasteiger partial charge in [0.2, 0.25) is 0 Å². The molecule has 3 aromatic carbocycles. The second-order valence-corrected chi connectivity index (χ2v) is 8.68. The molecular weight excluding hydrogens is 475 g/mol. The van der Waals surface area contributed by atoms with E-state index < -0.39 is 17.9 Å². The van der Waals surface area contributed by atoms with E-state index in [4.69, 9.17) is 23.2 Å². The molecule has 0 aliphatic rings. The number of carboxylic acids is 1. The SMILES string of the molecule is Cc1cn(-c2ccc(C[C@H](NC(=O)c3c(Cl)cccc3Cl)C(=O)O)cc2)c(=O)c2ccccc12. The molecule has 4 rings (SSSR count). The summed E-state index contributed by atoms with van der Waals surface area (Å²) in [7, 11) is 0. The summed E-state index contributed by atoms with van der Waals surface area (Å²) in [6.45, 7) is 1.94. The first kappa shape index (κ1) is 23.5. The zero-order valence-corrected chi connectivity index (χ0v) is 19.6. The molecule has 0 saturated heterocycles. The quantitative estimate of drug-likeness (QED) is 0.393. The first-order chi connectivity index (χ1) is 16.3. The van der Waals surface area contributed by atoms with E-state index in [0.29, 0.717) is 16.6 Å². The van der Waals surface area contributed by atoms with E-state index in [1.807, 2.05) is 25.1 Å². The Hall–Kier alpha value is -3.61. The van der Waals surface area contributed by atoms with Crippen LogP contribution in [0, 0.1) is 6.92 Å². The van der Waals surface area contributed by atoms with Crippen molar-refractivity contribution in [2.75, 3.05) is 0 Å². The molecule has 1 aromatic heterocycles. The highest BCUT2D eigenvalue weighted by molar-refractivity contribution is 6.39. The number of carbonyl (C=O) groups excluding carboxylic acids is 1. The van der Waals surface area contributed by atoms with Crippen molar-refractivity contribution in [3.63, 3.8) is 0 Å². The molecule has 0 saturated carbocycles. The van der Waals surface area contributed by atoms with Crippen LogP contribution >= 0.6 is 23.2 Å². The number of carboxylic acid groups (broad SMARTS) is 1. The maximum atomic E-state index is 13.0. The van der Waals surface area contributed by atoms with Crippen molar-refractivity contribution in [3.8, 4) is 5.69 Å². The molecule has 34 heavy (non-hydrogen) atoms. The minimum Gasteiger partial charge on any atom is -0.480 e. The Bertz CT molecular complexity index is 1440. The molecule has 0 radical (unpaired) electrons. The number of rotatable bonds is 6. The average Bonchev–Trinajstić information content (AvgIpc) is 2.81. The second kappa shape index (κ2) is 9.71. The number of carbonyl (C=O) groups is 2. The molecule has 0 unspecified atom stereocenters. The summed E-state index contributed by atoms with van der Waals surface area (Å²) >= 11 is 12.1. The van der Waals surface area contributed by atoms with Crippen LogP contribution in [0.2, 0.25) is 10.0 Å². The molecule has 8 heteroatoms. The minimum atomic E-state index is -1.20. The first-order valence-electron chi connectivity index (χ1n) is 10.4. The molecular formula is C26H20Cl2N2O4. The Balaban J connectivity index is 1.57. The van der Waals surface area contributed by atoms with E-state index in [-0.39, 0.29) is 27.6 Å². The van der Waals surface area contributed by atoms with Crippen LogP contribution in [0.5, 0.6) is 0 Å². The normalized spacial score (nSPS) is 11.9. The third-order valence-electron chi connectivity index (χ3n) is 5.57. The van der Waals surface area contributed by atoms with Gasteiger partial charge in [-0.2, -0.15) is 0 Å². The highest BCUT2D eigenvalue weighted by Crippen LogP contribution is 2.24. The van der Waals surface area contributed by atoms with Crippen molar-refractivity contribution in [1.29, 1.82) is 0 Å². The second-order valence-electron chi connectivity index (χ2n) is 7.86. The van der Waals surface area contributed by atoms with Crippen LogP contribution in [0.3, 0.4) is 0 Å². The predicted octanol–water partition coefficient (Wildman–Crippen LogP) is 5.03. The number of hydrogen-bond acceptors (Lipinski definition) is 3. The summed E-state index contributed by atoms with van der Waals surface area (Å²) in [6, 6.07) is 17.8. The summed E-state index contributed by atoms with van der Waals surface area (Å²) in [4.78, 5) is 37.4. The fourth-order valence-electron chi connectivity index (χ4n) is 3.83. The molecule has 1 atom stereocenters. The zero-order valence-electron chi connectivity index (χ0n) is 18.1. The molecule has 1 heterocycles. The van der Waals surface area contributed by atoms with Gasteiger partial charge in [-0.1, -0.05) is 59.6 Å². The number of aryl methyl sites for hydroxylation is 1. The standard InChI is InChI=1S/C26H20Cl2N2O4/c1-15-14-30(25(32)19-6-3-2-5-18(15)19)17-11-9-16(10-12-17)13-22(26(33)34)29-24(31)23-20(27)7-4-8-21(23)28/h2-12,14,22H,13H2,1H3,(H,29,31)(H,33,34)/t22-/m0/s1. The monoisotopic (exact) mass is 494 g/mol. The maximum Gasteiger partial charge on any atom is 0.326 e. The highest BCUT2D eigenvalue weighted by Gasteiger charge is 2.24. The molecule has 4 aromatic rings. The molecule has 6 nitrogen and oxygen atoms in total. The average molecular weight is 495 g/mol. The molecule has 1 amide bonds. The number of aliphatic carboxylic acids is 1. The lowest BCUT2D eigenvalue weighted by Crippen LogP contribution is -2.42. The number of benzene rings is 3. The van der Waals surface area contributed by atoms with E-state index in [0.717, 1.165) is 10.9 Å². The Morgan fingerprint density at radius 3 is 2.18 bits per heavy atom. The van der Waals surface area contributed by atoms with Gasteiger partial charge in [0.25, 0.3) is 11.5 Å². The van der Waals surface area contributed by atoms with Gasteiger partial charge >= 0.3 is 5.97 Å². The number of nitrogens with one attached hydrogen (secondary N) is 1. The third kappa shape index (κ3) is 4.69. The first-order valence-corrected chi connectivity index (χ1v) is 11.2. The number of nitrogens with zero attached hydrogens (tertiary/aromatic N) is 1. The van der Waals surface area contributed by atoms with Gasteiger partial charge in [-0.25, -0.2) is 4.79 Å². The van der Waals surface area contributed by atoms with Gasteiger partial charge in [0.1, 0.15) is 6.04 Å². The van der Waals surface area contributed by atoms with Crippen LogP contribution in [-0.4, -0.2) is 27.6 Å². The highest BCUT2D eigenvalue weighted by atomic mass is 35.5. The Morgan fingerprint density at radius 1 is 0.941 bits per heavy atom. The fourth-order valence-corrected chi connectivity index (χ4v) is 4.40. The number of aromatic nitrogens is 1. The zero-order chi connectivity index (χ0) is 24.4. The summed E-state index contributed by atoms with van der Waals surface area (Å²) in [5.74, 6) is -1.86. The summed E-state index contributed by atoms with van der Waals surface area (Å²) < 4.78 is 1.57. The molecule has 0 aliphatic carbocycles. The Morgan fingerprint density at radius 2 is 1.56 bits per heavy atom. The molecule has 2 N–H and O–H groups in total. The van der Waals surface area contributed by atoms with E-state index in [1.54, 1.807) is 47.2 Å². The summed E-state index contributed by atoms with van der Waals surface area (Å²) in [5, 5.41) is 13.9. The molecule has 0 aliphatic heterocycles.